The average molecular weight is 555 g/mol. The molecule has 0 aliphatic carbocycles. The van der Waals surface area contributed by atoms with E-state index in [1.54, 1.807) is 22.9 Å². The first-order chi connectivity index (χ1) is 19.9. The van der Waals surface area contributed by atoms with Crippen LogP contribution >= 0.6 is 0 Å². The van der Waals surface area contributed by atoms with E-state index in [1.165, 1.54) is 6.92 Å². The molecule has 0 saturated carbocycles. The fourth-order valence-electron chi connectivity index (χ4n) is 4.77. The molecule has 212 valence electrons. The summed E-state index contributed by atoms with van der Waals surface area (Å²) in [4.78, 5) is 55.7. The lowest BCUT2D eigenvalue weighted by molar-refractivity contribution is -0.120. The maximum absolute atomic E-state index is 13.5. The van der Waals surface area contributed by atoms with Crippen molar-refractivity contribution in [3.63, 3.8) is 0 Å². The molecule has 2 aromatic heterocycles. The molecule has 4 aromatic rings. The number of aromatic amines is 1. The fraction of sp³-hybridized carbons (Fsp3) is 0.300. The number of H-pyrrole nitrogens is 1. The van der Waals surface area contributed by atoms with E-state index in [1.807, 2.05) is 60.7 Å². The number of hydrogen-bond acceptors (Lipinski definition) is 7. The SMILES string of the molecule is CC(=O)NCCNc1nc(-c2ccccc2)nc2[nH]c(C(=O)N3CCN(CC(=O)N(C)c4ccccc4)CC3)cc12. The highest BCUT2D eigenvalue weighted by atomic mass is 16.2. The largest absolute Gasteiger partial charge is 0.368 e. The lowest BCUT2D eigenvalue weighted by Crippen LogP contribution is -2.51. The van der Waals surface area contributed by atoms with Gasteiger partial charge in [0.2, 0.25) is 11.8 Å². The molecule has 1 aliphatic heterocycles. The second-order valence-electron chi connectivity index (χ2n) is 9.97. The van der Waals surface area contributed by atoms with Crippen molar-refractivity contribution >= 4 is 40.3 Å². The molecule has 3 amide bonds. The summed E-state index contributed by atoms with van der Waals surface area (Å²) in [5, 5.41) is 6.74. The molecule has 0 unspecified atom stereocenters. The number of amides is 3. The van der Waals surface area contributed by atoms with Crippen LogP contribution in [0.15, 0.2) is 66.7 Å². The molecule has 2 aromatic carbocycles. The van der Waals surface area contributed by atoms with E-state index in [2.05, 4.69) is 20.5 Å². The first kappa shape index (κ1) is 27.8. The van der Waals surface area contributed by atoms with Gasteiger partial charge >= 0.3 is 0 Å². The lowest BCUT2D eigenvalue weighted by Gasteiger charge is -2.34. The molecule has 1 saturated heterocycles. The predicted molar refractivity (Wildman–Crippen MR) is 159 cm³/mol. The van der Waals surface area contributed by atoms with Crippen molar-refractivity contribution in [3.05, 3.63) is 72.4 Å². The highest BCUT2D eigenvalue weighted by Gasteiger charge is 2.26. The van der Waals surface area contributed by atoms with Gasteiger partial charge in [-0.1, -0.05) is 48.5 Å². The number of carbonyl (C=O) groups is 3. The van der Waals surface area contributed by atoms with E-state index in [4.69, 9.17) is 9.97 Å². The summed E-state index contributed by atoms with van der Waals surface area (Å²) in [7, 11) is 1.78. The van der Waals surface area contributed by atoms with Gasteiger partial charge in [0.15, 0.2) is 5.82 Å². The Morgan fingerprint density at radius 1 is 0.927 bits per heavy atom. The van der Waals surface area contributed by atoms with Crippen LogP contribution in [0.4, 0.5) is 11.5 Å². The van der Waals surface area contributed by atoms with Crippen LogP contribution in [0.3, 0.4) is 0 Å². The molecule has 3 heterocycles. The normalized spacial score (nSPS) is 13.7. The number of likely N-dealkylation sites (N-methyl/N-ethyl adjacent to an activating group) is 1. The fourth-order valence-corrected chi connectivity index (χ4v) is 4.77. The molecule has 11 heteroatoms. The molecule has 41 heavy (non-hydrogen) atoms. The van der Waals surface area contributed by atoms with E-state index in [0.717, 1.165) is 11.3 Å². The monoisotopic (exact) mass is 554 g/mol. The second-order valence-corrected chi connectivity index (χ2v) is 9.97. The molecule has 0 bridgehead atoms. The van der Waals surface area contributed by atoms with Crippen molar-refractivity contribution in [2.24, 2.45) is 0 Å². The number of rotatable bonds is 9. The van der Waals surface area contributed by atoms with Gasteiger partial charge in [-0.3, -0.25) is 19.3 Å². The van der Waals surface area contributed by atoms with Gasteiger partial charge in [0.25, 0.3) is 5.91 Å². The molecule has 1 fully saturated rings. The molecule has 11 nitrogen and oxygen atoms in total. The Balaban J connectivity index is 1.27. The maximum Gasteiger partial charge on any atom is 0.270 e. The summed E-state index contributed by atoms with van der Waals surface area (Å²) < 4.78 is 0. The third kappa shape index (κ3) is 6.69. The van der Waals surface area contributed by atoms with Crippen LogP contribution in [0.1, 0.15) is 17.4 Å². The highest BCUT2D eigenvalue weighted by molar-refractivity contribution is 6.00. The quantitative estimate of drug-likeness (QED) is 0.272. The predicted octanol–water partition coefficient (Wildman–Crippen LogP) is 2.59. The number of anilines is 2. The summed E-state index contributed by atoms with van der Waals surface area (Å²) in [6, 6.07) is 21.0. The Morgan fingerprint density at radius 3 is 2.29 bits per heavy atom. The Kier molecular flexibility index (Phi) is 8.54. The van der Waals surface area contributed by atoms with Crippen LogP contribution in [-0.4, -0.2) is 95.3 Å². The molecule has 5 rings (SSSR count). The Hall–Kier alpha value is -4.77. The number of nitrogens with zero attached hydrogens (tertiary/aromatic N) is 5. The topological polar surface area (TPSA) is 127 Å². The minimum atomic E-state index is -0.124. The number of benzene rings is 2. The minimum absolute atomic E-state index is 0.0120. The third-order valence-electron chi connectivity index (χ3n) is 7.08. The number of hydrogen-bond donors (Lipinski definition) is 3. The van der Waals surface area contributed by atoms with Crippen molar-refractivity contribution in [3.8, 4) is 11.4 Å². The van der Waals surface area contributed by atoms with E-state index < -0.39 is 0 Å². The van der Waals surface area contributed by atoms with Crippen LogP contribution in [0.2, 0.25) is 0 Å². The van der Waals surface area contributed by atoms with Gasteiger partial charge in [-0.05, 0) is 18.2 Å². The van der Waals surface area contributed by atoms with Gasteiger partial charge in [0.05, 0.1) is 11.9 Å². The van der Waals surface area contributed by atoms with Crippen molar-refractivity contribution in [1.82, 2.24) is 30.1 Å². The van der Waals surface area contributed by atoms with Gasteiger partial charge in [0, 0.05) is 64.5 Å². The number of fused-ring (bicyclic) bond motifs is 1. The van der Waals surface area contributed by atoms with Crippen LogP contribution in [-0.2, 0) is 9.59 Å². The van der Waals surface area contributed by atoms with Crippen molar-refractivity contribution in [1.29, 1.82) is 0 Å². The van der Waals surface area contributed by atoms with E-state index >= 15 is 0 Å². The molecule has 0 spiro atoms. The van der Waals surface area contributed by atoms with Crippen LogP contribution < -0.4 is 15.5 Å². The molecular weight excluding hydrogens is 520 g/mol. The van der Waals surface area contributed by atoms with Crippen molar-refractivity contribution in [2.75, 3.05) is 63.1 Å². The van der Waals surface area contributed by atoms with E-state index in [-0.39, 0.29) is 17.7 Å². The molecule has 3 N–H and O–H groups in total. The summed E-state index contributed by atoms with van der Waals surface area (Å²) in [6.45, 7) is 4.91. The van der Waals surface area contributed by atoms with Gasteiger partial charge in [-0.25, -0.2) is 9.97 Å². The number of carbonyl (C=O) groups excluding carboxylic acids is 3. The first-order valence-corrected chi connectivity index (χ1v) is 13.7. The van der Waals surface area contributed by atoms with Crippen LogP contribution in [0.5, 0.6) is 0 Å². The minimum Gasteiger partial charge on any atom is -0.368 e. The molecule has 1 aliphatic rings. The van der Waals surface area contributed by atoms with Gasteiger partial charge in [0.1, 0.15) is 17.2 Å². The highest BCUT2D eigenvalue weighted by Crippen LogP contribution is 2.26. The average Bonchev–Trinajstić information content (AvgIpc) is 3.44. The smallest absolute Gasteiger partial charge is 0.270 e. The van der Waals surface area contributed by atoms with E-state index in [9.17, 15) is 14.4 Å². The number of aromatic nitrogens is 3. The Labute approximate surface area is 238 Å². The maximum atomic E-state index is 13.5. The third-order valence-corrected chi connectivity index (χ3v) is 7.08. The van der Waals surface area contributed by atoms with Crippen LogP contribution in [0.25, 0.3) is 22.4 Å². The zero-order chi connectivity index (χ0) is 28.8. The van der Waals surface area contributed by atoms with Crippen molar-refractivity contribution in [2.45, 2.75) is 6.92 Å². The second kappa shape index (κ2) is 12.6. The first-order valence-electron chi connectivity index (χ1n) is 13.7. The van der Waals surface area contributed by atoms with Gasteiger partial charge in [-0.2, -0.15) is 0 Å². The summed E-state index contributed by atoms with van der Waals surface area (Å²) >= 11 is 0. The summed E-state index contributed by atoms with van der Waals surface area (Å²) in [5.74, 6) is 0.894. The molecule has 0 radical (unpaired) electrons. The lowest BCUT2D eigenvalue weighted by atomic mass is 10.2. The summed E-state index contributed by atoms with van der Waals surface area (Å²) in [5.41, 5.74) is 2.69. The Bertz CT molecular complexity index is 1520. The number of para-hydroxylation sites is 1. The van der Waals surface area contributed by atoms with E-state index in [0.29, 0.717) is 74.2 Å². The van der Waals surface area contributed by atoms with Gasteiger partial charge < -0.3 is 25.4 Å². The summed E-state index contributed by atoms with van der Waals surface area (Å²) in [6.07, 6.45) is 0. The van der Waals surface area contributed by atoms with Crippen LogP contribution in [0, 0.1) is 0 Å². The standard InChI is InChI=1S/C30H34N8O3/c1-21(39)31-13-14-32-28-24-19-25(33-29(24)35-27(34-28)22-9-5-3-6-10-22)30(41)38-17-15-37(16-18-38)20-26(40)36(2)23-11-7-4-8-12-23/h3-12,19H,13-18,20H2,1-2H3,(H,31,39)(H2,32,33,34,35). The molecule has 0 atom stereocenters. The zero-order valence-electron chi connectivity index (χ0n) is 23.3. The zero-order valence-corrected chi connectivity index (χ0v) is 23.3. The number of nitrogens with one attached hydrogen (secondary N) is 3. The van der Waals surface area contributed by atoms with Crippen molar-refractivity contribution < 1.29 is 14.4 Å². The molecular formula is C30H34N8O3. The number of piperazine rings is 1. The van der Waals surface area contributed by atoms with Gasteiger partial charge in [-0.15, -0.1) is 0 Å². The Morgan fingerprint density at radius 2 is 1.61 bits per heavy atom.